The van der Waals surface area contributed by atoms with Crippen molar-refractivity contribution in [2.45, 2.75) is 6.42 Å². The van der Waals surface area contributed by atoms with Crippen LogP contribution in [0.15, 0.2) is 46.9 Å². The molecule has 0 spiro atoms. The van der Waals surface area contributed by atoms with Gasteiger partial charge in [-0.3, -0.25) is 4.79 Å². The molecular weight excluding hydrogens is 333 g/mol. The maximum Gasteiger partial charge on any atom is 0.228 e. The summed E-state index contributed by atoms with van der Waals surface area (Å²) in [5.74, 6) is -0.671. The van der Waals surface area contributed by atoms with Gasteiger partial charge >= 0.3 is 0 Å². The molecule has 1 amide bonds. The summed E-state index contributed by atoms with van der Waals surface area (Å²) < 4.78 is 14.1. The van der Waals surface area contributed by atoms with E-state index in [2.05, 4.69) is 21.2 Å². The maximum absolute atomic E-state index is 13.4. The highest BCUT2D eigenvalue weighted by atomic mass is 79.9. The minimum atomic E-state index is -0.383. The van der Waals surface area contributed by atoms with Gasteiger partial charge in [-0.05, 0) is 45.8 Å². The molecule has 0 aromatic heterocycles. The first-order valence-corrected chi connectivity index (χ1v) is 6.71. The Balaban J connectivity index is 2.05. The van der Waals surface area contributed by atoms with Crippen molar-refractivity contribution in [1.82, 2.24) is 0 Å². The van der Waals surface area contributed by atoms with Crippen molar-refractivity contribution >= 4 is 39.1 Å². The van der Waals surface area contributed by atoms with E-state index in [-0.39, 0.29) is 18.1 Å². The topological polar surface area (TPSA) is 29.1 Å². The normalized spacial score (nSPS) is 10.3. The molecule has 0 heterocycles. The van der Waals surface area contributed by atoms with Gasteiger partial charge in [0.05, 0.1) is 11.4 Å². The zero-order chi connectivity index (χ0) is 13.8. The van der Waals surface area contributed by atoms with Gasteiger partial charge in [0.25, 0.3) is 0 Å². The van der Waals surface area contributed by atoms with E-state index >= 15 is 0 Å². The van der Waals surface area contributed by atoms with Crippen LogP contribution in [0, 0.1) is 5.82 Å². The summed E-state index contributed by atoms with van der Waals surface area (Å²) in [6, 6.07) is 11.3. The molecule has 0 bridgehead atoms. The largest absolute Gasteiger partial charge is 0.326 e. The van der Waals surface area contributed by atoms with Crippen molar-refractivity contribution in [1.29, 1.82) is 0 Å². The molecule has 1 N–H and O–H groups in total. The molecule has 0 fully saturated rings. The highest BCUT2D eigenvalue weighted by Gasteiger charge is 2.08. The number of hydrogen-bond acceptors (Lipinski definition) is 1. The third kappa shape index (κ3) is 3.78. The van der Waals surface area contributed by atoms with E-state index < -0.39 is 0 Å². The van der Waals surface area contributed by atoms with Crippen molar-refractivity contribution in [3.05, 3.63) is 63.3 Å². The molecule has 19 heavy (non-hydrogen) atoms. The maximum atomic E-state index is 13.4. The smallest absolute Gasteiger partial charge is 0.228 e. The molecule has 2 aromatic carbocycles. The molecule has 0 aliphatic carbocycles. The molecule has 0 aliphatic heterocycles. The van der Waals surface area contributed by atoms with Gasteiger partial charge in [-0.1, -0.05) is 29.8 Å². The number of carbonyl (C=O) groups excluding carboxylic acids is 1. The number of carbonyl (C=O) groups is 1. The van der Waals surface area contributed by atoms with Crippen LogP contribution in [0.3, 0.4) is 0 Å². The van der Waals surface area contributed by atoms with Crippen LogP contribution in [0.1, 0.15) is 5.56 Å². The highest BCUT2D eigenvalue weighted by Crippen LogP contribution is 2.25. The Kier molecular flexibility index (Phi) is 4.56. The Bertz CT molecular complexity index is 618. The quantitative estimate of drug-likeness (QED) is 0.879. The van der Waals surface area contributed by atoms with Gasteiger partial charge in [-0.25, -0.2) is 4.39 Å². The Hall–Kier alpha value is -1.39. The van der Waals surface area contributed by atoms with E-state index in [1.165, 1.54) is 6.07 Å². The van der Waals surface area contributed by atoms with Crippen molar-refractivity contribution in [3.63, 3.8) is 0 Å². The van der Waals surface area contributed by atoms with E-state index in [1.807, 2.05) is 0 Å². The lowest BCUT2D eigenvalue weighted by Crippen LogP contribution is -2.15. The van der Waals surface area contributed by atoms with Gasteiger partial charge in [0, 0.05) is 10.2 Å². The summed E-state index contributed by atoms with van der Waals surface area (Å²) in [4.78, 5) is 11.8. The second-order valence-corrected chi connectivity index (χ2v) is 5.21. The van der Waals surface area contributed by atoms with Gasteiger partial charge in [0.1, 0.15) is 5.82 Å². The standard InChI is InChI=1S/C14H10BrClFNO/c15-11-6-5-10(8-12(11)16)18-14(19)7-9-3-1-2-4-13(9)17/h1-6,8H,7H2,(H,18,19). The van der Waals surface area contributed by atoms with Crippen LogP contribution in [-0.4, -0.2) is 5.91 Å². The van der Waals surface area contributed by atoms with Crippen molar-refractivity contribution < 1.29 is 9.18 Å². The fraction of sp³-hybridized carbons (Fsp3) is 0.0714. The molecule has 0 unspecified atom stereocenters. The second kappa shape index (κ2) is 6.17. The first-order valence-electron chi connectivity index (χ1n) is 5.54. The van der Waals surface area contributed by atoms with Crippen molar-refractivity contribution in [3.8, 4) is 0 Å². The van der Waals surface area contributed by atoms with Gasteiger partial charge in [-0.15, -0.1) is 0 Å². The van der Waals surface area contributed by atoms with E-state index in [9.17, 15) is 9.18 Å². The monoisotopic (exact) mass is 341 g/mol. The van der Waals surface area contributed by atoms with E-state index in [0.29, 0.717) is 16.3 Å². The van der Waals surface area contributed by atoms with Crippen LogP contribution in [0.2, 0.25) is 5.02 Å². The number of hydrogen-bond donors (Lipinski definition) is 1. The Labute approximate surface area is 123 Å². The minimum Gasteiger partial charge on any atom is -0.326 e. The molecule has 0 aliphatic rings. The molecule has 98 valence electrons. The zero-order valence-corrected chi connectivity index (χ0v) is 12.1. The molecular formula is C14H10BrClFNO. The highest BCUT2D eigenvalue weighted by molar-refractivity contribution is 9.10. The summed E-state index contributed by atoms with van der Waals surface area (Å²) >= 11 is 9.19. The van der Waals surface area contributed by atoms with Crippen LogP contribution in [0.25, 0.3) is 0 Å². The molecule has 2 aromatic rings. The Morgan fingerprint density at radius 1 is 1.26 bits per heavy atom. The third-order valence-corrected chi connectivity index (χ3v) is 3.74. The number of amides is 1. The fourth-order valence-corrected chi connectivity index (χ4v) is 2.02. The lowest BCUT2D eigenvalue weighted by molar-refractivity contribution is -0.115. The zero-order valence-electron chi connectivity index (χ0n) is 9.79. The molecule has 0 saturated heterocycles. The van der Waals surface area contributed by atoms with Gasteiger partial charge < -0.3 is 5.32 Å². The fourth-order valence-electron chi connectivity index (χ4n) is 1.59. The van der Waals surface area contributed by atoms with Crippen molar-refractivity contribution in [2.24, 2.45) is 0 Å². The summed E-state index contributed by atoms with van der Waals surface area (Å²) in [6.45, 7) is 0. The van der Waals surface area contributed by atoms with Crippen LogP contribution in [-0.2, 0) is 11.2 Å². The number of halogens is 3. The number of anilines is 1. The summed E-state index contributed by atoms with van der Waals surface area (Å²) in [5, 5.41) is 3.18. The lowest BCUT2D eigenvalue weighted by atomic mass is 10.1. The van der Waals surface area contributed by atoms with E-state index in [1.54, 1.807) is 36.4 Å². The molecule has 2 nitrogen and oxygen atoms in total. The molecule has 5 heteroatoms. The predicted octanol–water partition coefficient (Wildman–Crippen LogP) is 4.42. The van der Waals surface area contributed by atoms with Crippen LogP contribution in [0.5, 0.6) is 0 Å². The average Bonchev–Trinajstić information content (AvgIpc) is 2.37. The van der Waals surface area contributed by atoms with Crippen molar-refractivity contribution in [2.75, 3.05) is 5.32 Å². The Morgan fingerprint density at radius 3 is 2.68 bits per heavy atom. The molecule has 2 rings (SSSR count). The number of rotatable bonds is 3. The third-order valence-electron chi connectivity index (χ3n) is 2.51. The summed E-state index contributed by atoms with van der Waals surface area (Å²) in [5.41, 5.74) is 0.942. The molecule has 0 saturated carbocycles. The van der Waals surface area contributed by atoms with Gasteiger partial charge in [0.15, 0.2) is 0 Å². The first kappa shape index (κ1) is 14.0. The second-order valence-electron chi connectivity index (χ2n) is 3.95. The van der Waals surface area contributed by atoms with E-state index in [4.69, 9.17) is 11.6 Å². The first-order chi connectivity index (χ1) is 9.06. The lowest BCUT2D eigenvalue weighted by Gasteiger charge is -2.07. The summed E-state index contributed by atoms with van der Waals surface area (Å²) in [6.07, 6.45) is -0.0135. The van der Waals surface area contributed by atoms with Gasteiger partial charge in [0.2, 0.25) is 5.91 Å². The Morgan fingerprint density at radius 2 is 2.00 bits per heavy atom. The van der Waals surface area contributed by atoms with Gasteiger partial charge in [-0.2, -0.15) is 0 Å². The molecule has 0 atom stereocenters. The van der Waals surface area contributed by atoms with E-state index in [0.717, 1.165) is 4.47 Å². The summed E-state index contributed by atoms with van der Waals surface area (Å²) in [7, 11) is 0. The minimum absolute atomic E-state index is 0.0135. The molecule has 0 radical (unpaired) electrons. The average molecular weight is 343 g/mol. The SMILES string of the molecule is O=C(Cc1ccccc1F)Nc1ccc(Br)c(Cl)c1. The number of nitrogens with one attached hydrogen (secondary N) is 1. The van der Waals surface area contributed by atoms with Crippen LogP contribution < -0.4 is 5.32 Å². The van der Waals surface area contributed by atoms with Crippen LogP contribution in [0.4, 0.5) is 10.1 Å². The predicted molar refractivity (Wildman–Crippen MR) is 77.9 cm³/mol. The number of benzene rings is 2. The van der Waals surface area contributed by atoms with Crippen LogP contribution >= 0.6 is 27.5 Å².